The highest BCUT2D eigenvalue weighted by molar-refractivity contribution is 7.89. The Kier molecular flexibility index (Phi) is 7.13. The molecule has 0 radical (unpaired) electrons. The van der Waals surface area contributed by atoms with Crippen LogP contribution in [0.3, 0.4) is 0 Å². The van der Waals surface area contributed by atoms with E-state index in [1.807, 2.05) is 0 Å². The van der Waals surface area contributed by atoms with E-state index >= 15 is 0 Å². The van der Waals surface area contributed by atoms with Crippen LogP contribution in [0, 0.1) is 0 Å². The number of hydrogen-bond acceptors (Lipinski definition) is 3. The SMILES string of the molecule is CCCCC(C)NCCS(=O)(=O)NC. The molecule has 0 aromatic heterocycles. The molecule has 4 nitrogen and oxygen atoms in total. The predicted octanol–water partition coefficient (Wildman–Crippen LogP) is 0.704. The molecule has 0 saturated heterocycles. The molecule has 0 spiro atoms. The first-order chi connectivity index (χ1) is 6.52. The van der Waals surface area contributed by atoms with Gasteiger partial charge in [0.05, 0.1) is 5.75 Å². The first kappa shape index (κ1) is 13.9. The van der Waals surface area contributed by atoms with Crippen molar-refractivity contribution in [1.82, 2.24) is 10.0 Å². The van der Waals surface area contributed by atoms with E-state index in [2.05, 4.69) is 23.9 Å². The Hall–Kier alpha value is -0.130. The van der Waals surface area contributed by atoms with E-state index in [1.54, 1.807) is 0 Å². The Bertz CT molecular complexity index is 227. The van der Waals surface area contributed by atoms with Crippen LogP contribution in [0.1, 0.15) is 33.1 Å². The minimum atomic E-state index is -3.05. The number of rotatable bonds is 8. The standard InChI is InChI=1S/C9H22N2O2S/c1-4-5-6-9(2)11-7-8-14(12,13)10-3/h9-11H,4-8H2,1-3H3. The van der Waals surface area contributed by atoms with Crippen molar-refractivity contribution >= 4 is 10.0 Å². The highest BCUT2D eigenvalue weighted by atomic mass is 32.2. The van der Waals surface area contributed by atoms with Crippen molar-refractivity contribution in [3.8, 4) is 0 Å². The van der Waals surface area contributed by atoms with E-state index in [1.165, 1.54) is 19.9 Å². The molecule has 1 unspecified atom stereocenters. The van der Waals surface area contributed by atoms with Crippen LogP contribution < -0.4 is 10.0 Å². The molecule has 0 amide bonds. The molecule has 0 rings (SSSR count). The summed E-state index contributed by atoms with van der Waals surface area (Å²) in [5, 5.41) is 3.19. The highest BCUT2D eigenvalue weighted by Gasteiger charge is 2.07. The Morgan fingerprint density at radius 1 is 1.36 bits per heavy atom. The fourth-order valence-electron chi connectivity index (χ4n) is 1.15. The molecule has 0 aromatic rings. The molecule has 1 atom stereocenters. The lowest BCUT2D eigenvalue weighted by Gasteiger charge is -2.12. The Morgan fingerprint density at radius 2 is 2.00 bits per heavy atom. The highest BCUT2D eigenvalue weighted by Crippen LogP contribution is 1.98. The average Bonchev–Trinajstić information content (AvgIpc) is 2.14. The lowest BCUT2D eigenvalue weighted by Crippen LogP contribution is -2.34. The van der Waals surface area contributed by atoms with Crippen LogP contribution in [-0.4, -0.2) is 33.8 Å². The third-order valence-electron chi connectivity index (χ3n) is 2.17. The van der Waals surface area contributed by atoms with Gasteiger partial charge in [0.25, 0.3) is 0 Å². The Balaban J connectivity index is 3.54. The summed E-state index contributed by atoms with van der Waals surface area (Å²) in [7, 11) is -1.61. The van der Waals surface area contributed by atoms with Crippen molar-refractivity contribution in [2.45, 2.75) is 39.2 Å². The molecule has 5 heteroatoms. The van der Waals surface area contributed by atoms with Crippen molar-refractivity contribution in [3.05, 3.63) is 0 Å². The van der Waals surface area contributed by atoms with Gasteiger partial charge in [-0.15, -0.1) is 0 Å². The number of sulfonamides is 1. The normalized spacial score (nSPS) is 14.2. The minimum Gasteiger partial charge on any atom is -0.313 e. The Morgan fingerprint density at radius 3 is 2.50 bits per heavy atom. The fourth-order valence-corrected chi connectivity index (χ4v) is 1.74. The van der Waals surface area contributed by atoms with Gasteiger partial charge in [0.2, 0.25) is 10.0 Å². The monoisotopic (exact) mass is 222 g/mol. The second-order valence-electron chi connectivity index (χ2n) is 3.52. The predicted molar refractivity (Wildman–Crippen MR) is 59.8 cm³/mol. The fraction of sp³-hybridized carbons (Fsp3) is 1.00. The second kappa shape index (κ2) is 7.20. The van der Waals surface area contributed by atoms with Gasteiger partial charge >= 0.3 is 0 Å². The van der Waals surface area contributed by atoms with Crippen molar-refractivity contribution in [2.75, 3.05) is 19.3 Å². The molecule has 0 bridgehead atoms. The van der Waals surface area contributed by atoms with E-state index in [0.29, 0.717) is 12.6 Å². The first-order valence-electron chi connectivity index (χ1n) is 5.16. The third-order valence-corrected chi connectivity index (χ3v) is 3.53. The summed E-state index contributed by atoms with van der Waals surface area (Å²) in [6, 6.07) is 0.405. The molecule has 2 N–H and O–H groups in total. The van der Waals surface area contributed by atoms with E-state index in [-0.39, 0.29) is 5.75 Å². The molecular weight excluding hydrogens is 200 g/mol. The van der Waals surface area contributed by atoms with Crippen molar-refractivity contribution < 1.29 is 8.42 Å². The van der Waals surface area contributed by atoms with Gasteiger partial charge in [0.15, 0.2) is 0 Å². The van der Waals surface area contributed by atoms with E-state index in [0.717, 1.165) is 6.42 Å². The summed E-state index contributed by atoms with van der Waals surface area (Å²) in [6.45, 7) is 4.76. The van der Waals surface area contributed by atoms with Crippen LogP contribution in [-0.2, 0) is 10.0 Å². The molecule has 0 aliphatic rings. The average molecular weight is 222 g/mol. The lowest BCUT2D eigenvalue weighted by atomic mass is 10.1. The summed E-state index contributed by atoms with van der Waals surface area (Å²) < 4.78 is 24.4. The molecule has 0 saturated carbocycles. The molecule has 0 heterocycles. The number of unbranched alkanes of at least 4 members (excludes halogenated alkanes) is 1. The van der Waals surface area contributed by atoms with Crippen LogP contribution in [0.5, 0.6) is 0 Å². The van der Waals surface area contributed by atoms with Crippen molar-refractivity contribution in [3.63, 3.8) is 0 Å². The van der Waals surface area contributed by atoms with Crippen molar-refractivity contribution in [2.24, 2.45) is 0 Å². The minimum absolute atomic E-state index is 0.153. The third kappa shape index (κ3) is 7.29. The quantitative estimate of drug-likeness (QED) is 0.636. The summed E-state index contributed by atoms with van der Waals surface area (Å²) >= 11 is 0. The number of hydrogen-bond donors (Lipinski definition) is 2. The van der Waals surface area contributed by atoms with Crippen LogP contribution in [0.2, 0.25) is 0 Å². The zero-order chi connectivity index (χ0) is 11.0. The summed E-state index contributed by atoms with van der Waals surface area (Å²) in [5.74, 6) is 0.153. The van der Waals surface area contributed by atoms with E-state index < -0.39 is 10.0 Å². The zero-order valence-corrected chi connectivity index (χ0v) is 10.2. The van der Waals surface area contributed by atoms with Crippen LogP contribution in [0.15, 0.2) is 0 Å². The summed E-state index contributed by atoms with van der Waals surface area (Å²) in [4.78, 5) is 0. The zero-order valence-electron chi connectivity index (χ0n) is 9.34. The first-order valence-corrected chi connectivity index (χ1v) is 6.81. The largest absolute Gasteiger partial charge is 0.313 e. The van der Waals surface area contributed by atoms with Crippen molar-refractivity contribution in [1.29, 1.82) is 0 Å². The number of nitrogens with one attached hydrogen (secondary N) is 2. The second-order valence-corrected chi connectivity index (χ2v) is 5.57. The molecule has 0 aliphatic carbocycles. The van der Waals surface area contributed by atoms with Gasteiger partial charge in [-0.05, 0) is 20.4 Å². The molecule has 86 valence electrons. The molecule has 14 heavy (non-hydrogen) atoms. The van der Waals surface area contributed by atoms with Crippen LogP contribution in [0.4, 0.5) is 0 Å². The van der Waals surface area contributed by atoms with Gasteiger partial charge in [-0.3, -0.25) is 0 Å². The maximum Gasteiger partial charge on any atom is 0.212 e. The van der Waals surface area contributed by atoms with Gasteiger partial charge in [0.1, 0.15) is 0 Å². The van der Waals surface area contributed by atoms with Crippen LogP contribution >= 0.6 is 0 Å². The van der Waals surface area contributed by atoms with Crippen LogP contribution in [0.25, 0.3) is 0 Å². The van der Waals surface area contributed by atoms with Gasteiger partial charge in [-0.2, -0.15) is 0 Å². The summed E-state index contributed by atoms with van der Waals surface area (Å²) in [5.41, 5.74) is 0. The van der Waals surface area contributed by atoms with E-state index in [9.17, 15) is 8.42 Å². The smallest absolute Gasteiger partial charge is 0.212 e. The van der Waals surface area contributed by atoms with Gasteiger partial charge < -0.3 is 5.32 Å². The van der Waals surface area contributed by atoms with Gasteiger partial charge in [0, 0.05) is 12.6 Å². The lowest BCUT2D eigenvalue weighted by molar-refractivity contribution is 0.506. The maximum absolute atomic E-state index is 11.0. The van der Waals surface area contributed by atoms with Gasteiger partial charge in [-0.25, -0.2) is 13.1 Å². The maximum atomic E-state index is 11.0. The molecule has 0 fully saturated rings. The molecule has 0 aromatic carbocycles. The summed E-state index contributed by atoms with van der Waals surface area (Å²) in [6.07, 6.45) is 3.48. The van der Waals surface area contributed by atoms with Gasteiger partial charge in [-0.1, -0.05) is 19.8 Å². The van der Waals surface area contributed by atoms with E-state index in [4.69, 9.17) is 0 Å². The Labute approximate surface area is 87.5 Å². The molecular formula is C9H22N2O2S. The molecule has 0 aliphatic heterocycles. The topological polar surface area (TPSA) is 58.2 Å².